The molecule has 1 aromatic carbocycles. The number of carbonyl (C=O) groups excluding carboxylic acids is 1. The van der Waals surface area contributed by atoms with E-state index in [1.807, 2.05) is 26.2 Å². The van der Waals surface area contributed by atoms with Crippen molar-refractivity contribution in [3.8, 4) is 11.3 Å². The number of hydrogen-bond acceptors (Lipinski definition) is 4. The Kier molecular flexibility index (Phi) is 5.00. The van der Waals surface area contributed by atoms with Crippen molar-refractivity contribution in [2.24, 2.45) is 0 Å². The van der Waals surface area contributed by atoms with E-state index in [2.05, 4.69) is 10.2 Å². The number of carbonyl (C=O) groups is 1. The third kappa shape index (κ3) is 4.36. The lowest BCUT2D eigenvalue weighted by Gasteiger charge is -2.09. The second kappa shape index (κ2) is 6.95. The molecule has 0 saturated heterocycles. The summed E-state index contributed by atoms with van der Waals surface area (Å²) in [5, 5.41) is 2.85. The number of furan rings is 1. The number of nitrogens with one attached hydrogen (secondary N) is 1. The number of nitrogens with two attached hydrogens (primary N) is 1. The van der Waals surface area contributed by atoms with Crippen molar-refractivity contribution in [1.82, 2.24) is 10.2 Å². The van der Waals surface area contributed by atoms with Crippen LogP contribution in [0.2, 0.25) is 0 Å². The van der Waals surface area contributed by atoms with Crippen molar-refractivity contribution in [2.45, 2.75) is 6.42 Å². The van der Waals surface area contributed by atoms with Crippen LogP contribution in [0.15, 0.2) is 40.8 Å². The van der Waals surface area contributed by atoms with Crippen LogP contribution in [0.3, 0.4) is 0 Å². The average Bonchev–Trinajstić information content (AvgIpc) is 2.94. The molecule has 5 heteroatoms. The Hall–Kier alpha value is -2.27. The van der Waals surface area contributed by atoms with Crippen molar-refractivity contribution in [2.75, 3.05) is 32.9 Å². The smallest absolute Gasteiger partial charge is 0.287 e. The van der Waals surface area contributed by atoms with Crippen LogP contribution in [0.25, 0.3) is 11.3 Å². The van der Waals surface area contributed by atoms with E-state index in [-0.39, 0.29) is 5.91 Å². The maximum absolute atomic E-state index is 11.9. The first kappa shape index (κ1) is 15.1. The van der Waals surface area contributed by atoms with Crippen LogP contribution in [-0.4, -0.2) is 38.0 Å². The molecular formula is C16H21N3O2. The minimum absolute atomic E-state index is 0.185. The summed E-state index contributed by atoms with van der Waals surface area (Å²) in [4.78, 5) is 14.0. The van der Waals surface area contributed by atoms with Crippen molar-refractivity contribution in [3.63, 3.8) is 0 Å². The molecule has 2 rings (SSSR count). The third-order valence-electron chi connectivity index (χ3n) is 3.09. The van der Waals surface area contributed by atoms with Gasteiger partial charge in [0, 0.05) is 17.8 Å². The van der Waals surface area contributed by atoms with E-state index < -0.39 is 0 Å². The van der Waals surface area contributed by atoms with Crippen molar-refractivity contribution in [3.05, 3.63) is 42.2 Å². The summed E-state index contributed by atoms with van der Waals surface area (Å²) >= 11 is 0. The Balaban J connectivity index is 1.93. The van der Waals surface area contributed by atoms with Gasteiger partial charge < -0.3 is 20.4 Å². The molecule has 0 bridgehead atoms. The molecule has 0 saturated carbocycles. The van der Waals surface area contributed by atoms with Gasteiger partial charge in [-0.2, -0.15) is 0 Å². The van der Waals surface area contributed by atoms with Gasteiger partial charge in [0.1, 0.15) is 5.76 Å². The number of benzene rings is 1. The molecule has 2 aromatic rings. The maximum Gasteiger partial charge on any atom is 0.287 e. The summed E-state index contributed by atoms with van der Waals surface area (Å²) in [6, 6.07) is 10.8. The summed E-state index contributed by atoms with van der Waals surface area (Å²) in [6.45, 7) is 1.57. The lowest BCUT2D eigenvalue weighted by Crippen LogP contribution is -2.26. The molecule has 3 N–H and O–H groups in total. The number of nitrogen functional groups attached to an aromatic ring is 1. The van der Waals surface area contributed by atoms with Gasteiger partial charge in [0.25, 0.3) is 5.91 Å². The van der Waals surface area contributed by atoms with E-state index in [1.165, 1.54) is 0 Å². The molecule has 0 spiro atoms. The van der Waals surface area contributed by atoms with Crippen LogP contribution in [0.1, 0.15) is 17.0 Å². The fraction of sp³-hybridized carbons (Fsp3) is 0.312. The first-order valence-corrected chi connectivity index (χ1v) is 6.95. The monoisotopic (exact) mass is 287 g/mol. The van der Waals surface area contributed by atoms with Crippen molar-refractivity contribution < 1.29 is 9.21 Å². The Labute approximate surface area is 124 Å². The van der Waals surface area contributed by atoms with E-state index >= 15 is 0 Å². The van der Waals surface area contributed by atoms with Gasteiger partial charge in [-0.1, -0.05) is 0 Å². The fourth-order valence-corrected chi connectivity index (χ4v) is 1.95. The highest BCUT2D eigenvalue weighted by molar-refractivity contribution is 5.92. The molecule has 1 amide bonds. The van der Waals surface area contributed by atoms with Crippen LogP contribution < -0.4 is 11.1 Å². The topological polar surface area (TPSA) is 71.5 Å². The predicted molar refractivity (Wildman–Crippen MR) is 84.1 cm³/mol. The Morgan fingerprint density at radius 3 is 2.57 bits per heavy atom. The van der Waals surface area contributed by atoms with Crippen LogP contribution in [0, 0.1) is 0 Å². The maximum atomic E-state index is 11.9. The number of anilines is 1. The normalized spacial score (nSPS) is 10.8. The summed E-state index contributed by atoms with van der Waals surface area (Å²) in [7, 11) is 4.01. The van der Waals surface area contributed by atoms with Gasteiger partial charge in [-0.3, -0.25) is 4.79 Å². The summed E-state index contributed by atoms with van der Waals surface area (Å²) in [5.74, 6) is 0.801. The summed E-state index contributed by atoms with van der Waals surface area (Å²) in [6.07, 6.45) is 0.907. The van der Waals surface area contributed by atoms with Crippen molar-refractivity contribution >= 4 is 11.6 Å². The van der Waals surface area contributed by atoms with Crippen LogP contribution >= 0.6 is 0 Å². The molecular weight excluding hydrogens is 266 g/mol. The number of nitrogens with zero attached hydrogens (tertiary/aromatic N) is 1. The zero-order chi connectivity index (χ0) is 15.2. The fourth-order valence-electron chi connectivity index (χ4n) is 1.95. The molecule has 0 aliphatic heterocycles. The average molecular weight is 287 g/mol. The van der Waals surface area contributed by atoms with Crippen LogP contribution in [0.5, 0.6) is 0 Å². The molecule has 5 nitrogen and oxygen atoms in total. The molecule has 0 radical (unpaired) electrons. The molecule has 0 aliphatic rings. The number of rotatable bonds is 6. The van der Waals surface area contributed by atoms with E-state index in [9.17, 15) is 4.79 Å². The van der Waals surface area contributed by atoms with Gasteiger partial charge in [0.05, 0.1) is 0 Å². The SMILES string of the molecule is CN(C)CCCNC(=O)c1ccc(-c2ccc(N)cc2)o1. The predicted octanol–water partition coefficient (Wildman–Crippen LogP) is 2.21. The largest absolute Gasteiger partial charge is 0.451 e. The molecule has 1 aromatic heterocycles. The van der Waals surface area contributed by atoms with Crippen LogP contribution in [0.4, 0.5) is 5.69 Å². The molecule has 21 heavy (non-hydrogen) atoms. The second-order valence-electron chi connectivity index (χ2n) is 5.20. The van der Waals surface area contributed by atoms with Gasteiger partial charge in [-0.15, -0.1) is 0 Å². The molecule has 0 aliphatic carbocycles. The zero-order valence-electron chi connectivity index (χ0n) is 12.4. The van der Waals surface area contributed by atoms with E-state index in [0.29, 0.717) is 23.8 Å². The third-order valence-corrected chi connectivity index (χ3v) is 3.09. The van der Waals surface area contributed by atoms with E-state index in [0.717, 1.165) is 18.5 Å². The molecule has 0 atom stereocenters. The minimum atomic E-state index is -0.185. The highest BCUT2D eigenvalue weighted by atomic mass is 16.3. The number of hydrogen-bond donors (Lipinski definition) is 2. The lowest BCUT2D eigenvalue weighted by atomic mass is 10.1. The summed E-state index contributed by atoms with van der Waals surface area (Å²) < 4.78 is 5.59. The van der Waals surface area contributed by atoms with Gasteiger partial charge in [0.2, 0.25) is 0 Å². The highest BCUT2D eigenvalue weighted by Crippen LogP contribution is 2.23. The van der Waals surface area contributed by atoms with E-state index in [1.54, 1.807) is 24.3 Å². The Bertz CT molecular complexity index is 588. The quantitative estimate of drug-likeness (QED) is 0.631. The second-order valence-corrected chi connectivity index (χ2v) is 5.20. The van der Waals surface area contributed by atoms with Crippen molar-refractivity contribution in [1.29, 1.82) is 0 Å². The first-order chi connectivity index (χ1) is 10.1. The highest BCUT2D eigenvalue weighted by Gasteiger charge is 2.11. The molecule has 1 heterocycles. The van der Waals surface area contributed by atoms with Gasteiger partial charge in [0.15, 0.2) is 5.76 Å². The standard InChI is InChI=1S/C16H21N3O2/c1-19(2)11-3-10-18-16(20)15-9-8-14(21-15)12-4-6-13(17)7-5-12/h4-9H,3,10-11,17H2,1-2H3,(H,18,20). The Morgan fingerprint density at radius 2 is 1.90 bits per heavy atom. The first-order valence-electron chi connectivity index (χ1n) is 6.95. The Morgan fingerprint density at radius 1 is 1.19 bits per heavy atom. The van der Waals surface area contributed by atoms with Crippen LogP contribution in [-0.2, 0) is 0 Å². The zero-order valence-corrected chi connectivity index (χ0v) is 12.4. The summed E-state index contributed by atoms with van der Waals surface area (Å²) in [5.41, 5.74) is 7.25. The molecule has 0 fully saturated rings. The van der Waals surface area contributed by atoms with Gasteiger partial charge in [-0.25, -0.2) is 0 Å². The lowest BCUT2D eigenvalue weighted by molar-refractivity contribution is 0.0925. The van der Waals surface area contributed by atoms with Gasteiger partial charge >= 0.3 is 0 Å². The molecule has 112 valence electrons. The van der Waals surface area contributed by atoms with Gasteiger partial charge in [-0.05, 0) is 63.5 Å². The number of amides is 1. The molecule has 0 unspecified atom stereocenters. The van der Waals surface area contributed by atoms with E-state index in [4.69, 9.17) is 10.2 Å². The minimum Gasteiger partial charge on any atom is -0.451 e.